The minimum Gasteiger partial charge on any atom is -0.491 e. The Kier molecular flexibility index (Phi) is 4.79. The fraction of sp³-hybridized carbons (Fsp3) is 0.438. The molecule has 108 valence electrons. The van der Waals surface area contributed by atoms with E-state index >= 15 is 0 Å². The molecule has 0 radical (unpaired) electrons. The van der Waals surface area contributed by atoms with Crippen LogP contribution >= 0.6 is 0 Å². The summed E-state index contributed by atoms with van der Waals surface area (Å²) in [6.45, 7) is 9.07. The van der Waals surface area contributed by atoms with E-state index in [1.54, 1.807) is 0 Å². The molecule has 0 aliphatic heterocycles. The molecule has 0 saturated carbocycles. The number of hydrogen-bond acceptors (Lipinski definition) is 3. The highest BCUT2D eigenvalue weighted by Gasteiger charge is 2.08. The largest absolute Gasteiger partial charge is 0.491 e. The summed E-state index contributed by atoms with van der Waals surface area (Å²) in [4.78, 5) is 0. The quantitative estimate of drug-likeness (QED) is 0.848. The Balaban J connectivity index is 1.98. The minimum absolute atomic E-state index is 0.196. The van der Waals surface area contributed by atoms with E-state index in [9.17, 15) is 0 Å². The van der Waals surface area contributed by atoms with Gasteiger partial charge >= 0.3 is 0 Å². The van der Waals surface area contributed by atoms with Crippen molar-refractivity contribution < 1.29 is 4.74 Å². The molecule has 0 spiro atoms. The van der Waals surface area contributed by atoms with Crippen molar-refractivity contribution in [2.24, 2.45) is 0 Å². The van der Waals surface area contributed by atoms with Gasteiger partial charge in [-0.05, 0) is 45.4 Å². The highest BCUT2D eigenvalue weighted by atomic mass is 16.5. The van der Waals surface area contributed by atoms with Crippen LogP contribution in [0.4, 0.5) is 0 Å². The Bertz CT molecular complexity index is 548. The zero-order valence-corrected chi connectivity index (χ0v) is 12.6. The smallest absolute Gasteiger partial charge is 0.120 e. The van der Waals surface area contributed by atoms with Crippen LogP contribution in [0.1, 0.15) is 43.6 Å². The van der Waals surface area contributed by atoms with Crippen molar-refractivity contribution in [3.05, 3.63) is 47.3 Å². The lowest BCUT2D eigenvalue weighted by atomic mass is 10.1. The lowest BCUT2D eigenvalue weighted by Gasteiger charge is -2.16. The molecule has 0 unspecified atom stereocenters. The van der Waals surface area contributed by atoms with Crippen molar-refractivity contribution in [3.63, 3.8) is 0 Å². The van der Waals surface area contributed by atoms with Gasteiger partial charge in [-0.15, -0.1) is 0 Å². The fourth-order valence-electron chi connectivity index (χ4n) is 2.06. The molecule has 1 atom stereocenters. The first-order valence-corrected chi connectivity index (χ1v) is 7.05. The highest BCUT2D eigenvalue weighted by Crippen LogP contribution is 2.20. The third kappa shape index (κ3) is 3.84. The number of ether oxygens (including phenoxy) is 1. The van der Waals surface area contributed by atoms with E-state index in [1.165, 1.54) is 11.1 Å². The molecule has 4 heteroatoms. The second-order valence-electron chi connectivity index (χ2n) is 5.36. The zero-order valence-electron chi connectivity index (χ0n) is 12.6. The van der Waals surface area contributed by atoms with Gasteiger partial charge in [0.05, 0.1) is 12.3 Å². The summed E-state index contributed by atoms with van der Waals surface area (Å²) in [6, 6.07) is 8.51. The number of rotatable bonds is 6. The van der Waals surface area contributed by atoms with E-state index in [-0.39, 0.29) is 12.1 Å². The van der Waals surface area contributed by atoms with Gasteiger partial charge in [0, 0.05) is 23.8 Å². The first kappa shape index (κ1) is 14.6. The number of aromatic nitrogens is 2. The molecule has 0 bridgehead atoms. The van der Waals surface area contributed by atoms with Gasteiger partial charge in [-0.2, -0.15) is 5.10 Å². The molecule has 4 nitrogen and oxygen atoms in total. The molecular formula is C16H23N3O. The predicted octanol–water partition coefficient (Wildman–Crippen LogP) is 3.36. The molecule has 2 rings (SSSR count). The normalized spacial score (nSPS) is 12.7. The molecule has 1 aromatic heterocycles. The molecule has 0 amide bonds. The highest BCUT2D eigenvalue weighted by molar-refractivity contribution is 5.30. The SMILES string of the molecule is Cc1[nH]ncc1CN[C@@H](C)c1cccc(OC(C)C)c1. The van der Waals surface area contributed by atoms with Crippen LogP contribution < -0.4 is 10.1 Å². The summed E-state index contributed by atoms with van der Waals surface area (Å²) in [5.41, 5.74) is 3.54. The van der Waals surface area contributed by atoms with Gasteiger partial charge in [0.15, 0.2) is 0 Å². The van der Waals surface area contributed by atoms with Crippen LogP contribution in [0.2, 0.25) is 0 Å². The van der Waals surface area contributed by atoms with Crippen LogP contribution in [-0.4, -0.2) is 16.3 Å². The van der Waals surface area contributed by atoms with E-state index in [1.807, 2.05) is 39.1 Å². The minimum atomic E-state index is 0.196. The van der Waals surface area contributed by atoms with Gasteiger partial charge in [-0.3, -0.25) is 5.10 Å². The van der Waals surface area contributed by atoms with Crippen LogP contribution in [0, 0.1) is 6.92 Å². The van der Waals surface area contributed by atoms with E-state index in [2.05, 4.69) is 34.6 Å². The van der Waals surface area contributed by atoms with Crippen LogP contribution in [0.5, 0.6) is 5.75 Å². The summed E-state index contributed by atoms with van der Waals surface area (Å²) in [5.74, 6) is 0.922. The van der Waals surface area contributed by atoms with Crippen LogP contribution in [0.3, 0.4) is 0 Å². The Morgan fingerprint density at radius 1 is 1.30 bits per heavy atom. The zero-order chi connectivity index (χ0) is 14.5. The lowest BCUT2D eigenvalue weighted by molar-refractivity contribution is 0.242. The second kappa shape index (κ2) is 6.57. The maximum Gasteiger partial charge on any atom is 0.120 e. The topological polar surface area (TPSA) is 49.9 Å². The van der Waals surface area contributed by atoms with Crippen molar-refractivity contribution in [3.8, 4) is 5.75 Å². The third-order valence-electron chi connectivity index (χ3n) is 3.26. The van der Waals surface area contributed by atoms with Crippen LogP contribution in [0.15, 0.2) is 30.5 Å². The van der Waals surface area contributed by atoms with Gasteiger partial charge < -0.3 is 10.1 Å². The molecule has 1 aromatic carbocycles. The number of aromatic amines is 1. The van der Waals surface area contributed by atoms with Gasteiger partial charge in [0.1, 0.15) is 5.75 Å². The Morgan fingerprint density at radius 3 is 2.75 bits per heavy atom. The van der Waals surface area contributed by atoms with Crippen LogP contribution in [0.25, 0.3) is 0 Å². The number of nitrogens with zero attached hydrogens (tertiary/aromatic N) is 1. The van der Waals surface area contributed by atoms with Crippen molar-refractivity contribution in [1.82, 2.24) is 15.5 Å². The molecule has 1 heterocycles. The fourth-order valence-corrected chi connectivity index (χ4v) is 2.06. The van der Waals surface area contributed by atoms with Crippen LogP contribution in [-0.2, 0) is 6.54 Å². The first-order valence-electron chi connectivity index (χ1n) is 7.05. The van der Waals surface area contributed by atoms with Crippen molar-refractivity contribution >= 4 is 0 Å². The van der Waals surface area contributed by atoms with Gasteiger partial charge in [-0.25, -0.2) is 0 Å². The van der Waals surface area contributed by atoms with Gasteiger partial charge in [0.2, 0.25) is 0 Å². The summed E-state index contributed by atoms with van der Waals surface area (Å²) < 4.78 is 5.73. The summed E-state index contributed by atoms with van der Waals surface area (Å²) in [5, 5.41) is 10.5. The molecule has 0 saturated heterocycles. The number of hydrogen-bond donors (Lipinski definition) is 2. The molecular weight excluding hydrogens is 250 g/mol. The second-order valence-corrected chi connectivity index (χ2v) is 5.36. The molecule has 0 aliphatic carbocycles. The standard InChI is InChI=1S/C16H23N3O/c1-11(2)20-16-7-5-6-14(8-16)12(3)17-9-15-10-18-19-13(15)4/h5-8,10-12,17H,9H2,1-4H3,(H,18,19)/t12-/m0/s1. The number of H-pyrrole nitrogens is 1. The van der Waals surface area contributed by atoms with Gasteiger partial charge in [-0.1, -0.05) is 12.1 Å². The maximum absolute atomic E-state index is 5.73. The first-order chi connectivity index (χ1) is 9.56. The van der Waals surface area contributed by atoms with Crippen molar-refractivity contribution in [1.29, 1.82) is 0 Å². The third-order valence-corrected chi connectivity index (χ3v) is 3.26. The summed E-state index contributed by atoms with van der Waals surface area (Å²) >= 11 is 0. The van der Waals surface area contributed by atoms with Crippen molar-refractivity contribution in [2.75, 3.05) is 0 Å². The molecule has 20 heavy (non-hydrogen) atoms. The lowest BCUT2D eigenvalue weighted by Crippen LogP contribution is -2.18. The Morgan fingerprint density at radius 2 is 2.10 bits per heavy atom. The Labute approximate surface area is 120 Å². The van der Waals surface area contributed by atoms with E-state index < -0.39 is 0 Å². The average molecular weight is 273 g/mol. The number of aryl methyl sites for hydroxylation is 1. The molecule has 0 fully saturated rings. The number of benzene rings is 1. The molecule has 0 aliphatic rings. The maximum atomic E-state index is 5.73. The van der Waals surface area contributed by atoms with E-state index in [0.29, 0.717) is 0 Å². The monoisotopic (exact) mass is 273 g/mol. The summed E-state index contributed by atoms with van der Waals surface area (Å²) in [6.07, 6.45) is 2.06. The van der Waals surface area contributed by atoms with E-state index in [0.717, 1.165) is 18.0 Å². The average Bonchev–Trinajstić information content (AvgIpc) is 2.81. The molecule has 2 aromatic rings. The van der Waals surface area contributed by atoms with E-state index in [4.69, 9.17) is 4.74 Å². The van der Waals surface area contributed by atoms with Gasteiger partial charge in [0.25, 0.3) is 0 Å². The summed E-state index contributed by atoms with van der Waals surface area (Å²) in [7, 11) is 0. The number of nitrogens with one attached hydrogen (secondary N) is 2. The Hall–Kier alpha value is -1.81. The van der Waals surface area contributed by atoms with Crippen molar-refractivity contribution in [2.45, 2.75) is 46.4 Å². The predicted molar refractivity (Wildman–Crippen MR) is 80.8 cm³/mol. The molecule has 2 N–H and O–H groups in total.